The maximum atomic E-state index is 15.2. The Balaban J connectivity index is 1.76. The highest BCUT2D eigenvalue weighted by Crippen LogP contribution is 2.41. The zero-order chi connectivity index (χ0) is 27.7. The summed E-state index contributed by atoms with van der Waals surface area (Å²) in [6.07, 6.45) is 4.72. The molecule has 2 aromatic heterocycles. The van der Waals surface area contributed by atoms with Gasteiger partial charge in [0.1, 0.15) is 11.6 Å². The molecule has 9 heteroatoms. The van der Waals surface area contributed by atoms with Crippen molar-refractivity contribution in [1.29, 1.82) is 0 Å². The maximum absolute atomic E-state index is 15.2. The van der Waals surface area contributed by atoms with Gasteiger partial charge in [-0.3, -0.25) is 23.9 Å². The van der Waals surface area contributed by atoms with E-state index in [1.54, 1.807) is 31.2 Å². The lowest BCUT2D eigenvalue weighted by atomic mass is 9.98. The summed E-state index contributed by atoms with van der Waals surface area (Å²) < 4.78 is 30.6. The number of carbonyl (C=O) groups is 2. The molecular formula is C30H28F2N4O3. The number of amides is 2. The fraction of sp³-hybridized carbons (Fsp3) is 0.267. The van der Waals surface area contributed by atoms with Gasteiger partial charge in [-0.25, -0.2) is 8.78 Å². The first-order valence-corrected chi connectivity index (χ1v) is 12.9. The van der Waals surface area contributed by atoms with E-state index in [9.17, 15) is 18.8 Å². The molecule has 7 nitrogen and oxygen atoms in total. The highest BCUT2D eigenvalue weighted by molar-refractivity contribution is 6.08. The minimum Gasteiger partial charge on any atom is -0.345 e. The number of carbonyl (C=O) groups excluding carboxylic acids is 2. The molecule has 0 saturated heterocycles. The second-order valence-corrected chi connectivity index (χ2v) is 9.71. The monoisotopic (exact) mass is 530 g/mol. The van der Waals surface area contributed by atoms with Crippen LogP contribution in [-0.2, 0) is 11.3 Å². The van der Waals surface area contributed by atoms with Crippen LogP contribution in [0.2, 0.25) is 0 Å². The molecule has 5 rings (SSSR count). The van der Waals surface area contributed by atoms with Crippen LogP contribution in [-0.4, -0.2) is 32.8 Å². The van der Waals surface area contributed by atoms with E-state index in [0.29, 0.717) is 17.8 Å². The third-order valence-electron chi connectivity index (χ3n) is 7.15. The first-order chi connectivity index (χ1) is 18.8. The van der Waals surface area contributed by atoms with Gasteiger partial charge in [0.15, 0.2) is 0 Å². The number of benzene rings is 2. The third-order valence-corrected chi connectivity index (χ3v) is 7.15. The van der Waals surface area contributed by atoms with Gasteiger partial charge in [-0.05, 0) is 61.6 Å². The van der Waals surface area contributed by atoms with Crippen LogP contribution >= 0.6 is 0 Å². The molecule has 1 saturated carbocycles. The molecule has 0 bridgehead atoms. The van der Waals surface area contributed by atoms with Crippen LogP contribution in [0, 0.1) is 17.6 Å². The number of rotatable bonds is 8. The largest absolute Gasteiger partial charge is 0.345 e. The molecule has 200 valence electrons. The summed E-state index contributed by atoms with van der Waals surface area (Å²) >= 11 is 0. The minimum atomic E-state index is -0.765. The van der Waals surface area contributed by atoms with Gasteiger partial charge in [0.25, 0.3) is 11.5 Å². The van der Waals surface area contributed by atoms with Crippen molar-refractivity contribution in [2.45, 2.75) is 39.3 Å². The number of hydrogen-bond donors (Lipinski definition) is 1. The average molecular weight is 531 g/mol. The molecule has 4 aromatic rings. The van der Waals surface area contributed by atoms with Crippen molar-refractivity contribution in [3.8, 4) is 5.69 Å². The summed E-state index contributed by atoms with van der Waals surface area (Å²) in [6.45, 7) is 3.46. The number of hydrogen-bond acceptors (Lipinski definition) is 4. The van der Waals surface area contributed by atoms with Gasteiger partial charge in [-0.15, -0.1) is 0 Å². The molecule has 2 amide bonds. The average Bonchev–Trinajstić information content (AvgIpc) is 3.76. The predicted octanol–water partition coefficient (Wildman–Crippen LogP) is 4.91. The predicted molar refractivity (Wildman–Crippen MR) is 143 cm³/mol. The Morgan fingerprint density at radius 1 is 1.13 bits per heavy atom. The standard InChI is InChI=1S/C30H28F2N4O3/c1-3-35(18(2)37)17-25-27(29(38)34-28(19-12-13-19)20-7-4-8-21(31)15-20)23-10-5-11-24(32)26(23)30(39)36(25)22-9-6-14-33-16-22/h4-11,14-16,19,28H,3,12-13,17H2,1-2H3,(H,34,38)/t28-/m0/s1. The SMILES string of the molecule is CCN(Cc1c(C(=O)N[C@H](c2cccc(F)c2)C2CC2)c2cccc(F)c2c(=O)n1-c1cccnc1)C(C)=O. The number of nitrogens with zero attached hydrogens (tertiary/aromatic N) is 3. The van der Waals surface area contributed by atoms with Crippen molar-refractivity contribution in [3.63, 3.8) is 0 Å². The fourth-order valence-corrected chi connectivity index (χ4v) is 5.06. The molecule has 2 heterocycles. The Morgan fingerprint density at radius 3 is 2.54 bits per heavy atom. The molecule has 1 N–H and O–H groups in total. The van der Waals surface area contributed by atoms with Crippen LogP contribution in [0.3, 0.4) is 0 Å². The highest BCUT2D eigenvalue weighted by atomic mass is 19.1. The maximum Gasteiger partial charge on any atom is 0.266 e. The molecule has 0 unspecified atom stereocenters. The number of pyridine rings is 2. The van der Waals surface area contributed by atoms with Crippen molar-refractivity contribution in [3.05, 3.63) is 106 Å². The van der Waals surface area contributed by atoms with E-state index < -0.39 is 29.1 Å². The molecule has 1 aliphatic rings. The van der Waals surface area contributed by atoms with Crippen molar-refractivity contribution in [2.75, 3.05) is 6.54 Å². The molecule has 1 aliphatic carbocycles. The second kappa shape index (κ2) is 10.8. The fourth-order valence-electron chi connectivity index (χ4n) is 5.06. The molecule has 0 spiro atoms. The summed E-state index contributed by atoms with van der Waals surface area (Å²) in [4.78, 5) is 46.0. The van der Waals surface area contributed by atoms with Crippen LogP contribution in [0.25, 0.3) is 16.5 Å². The summed E-state index contributed by atoms with van der Waals surface area (Å²) in [5.74, 6) is -1.84. The Hall–Kier alpha value is -4.40. The molecule has 1 fully saturated rings. The molecule has 2 aromatic carbocycles. The molecule has 1 atom stereocenters. The van der Waals surface area contributed by atoms with Gasteiger partial charge in [0.05, 0.1) is 41.1 Å². The lowest BCUT2D eigenvalue weighted by molar-refractivity contribution is -0.129. The van der Waals surface area contributed by atoms with Crippen LogP contribution in [0.15, 0.2) is 71.8 Å². The number of nitrogens with one attached hydrogen (secondary N) is 1. The minimum absolute atomic E-state index is 0.0702. The Bertz CT molecular complexity index is 1620. The van der Waals surface area contributed by atoms with Crippen molar-refractivity contribution in [1.82, 2.24) is 19.8 Å². The van der Waals surface area contributed by atoms with Gasteiger partial charge in [0, 0.05) is 25.1 Å². The van der Waals surface area contributed by atoms with Gasteiger partial charge < -0.3 is 10.2 Å². The second-order valence-electron chi connectivity index (χ2n) is 9.71. The highest BCUT2D eigenvalue weighted by Gasteiger charge is 2.35. The van der Waals surface area contributed by atoms with Crippen LogP contribution < -0.4 is 10.9 Å². The summed E-state index contributed by atoms with van der Waals surface area (Å²) in [5.41, 5.74) is 0.609. The Morgan fingerprint density at radius 2 is 1.90 bits per heavy atom. The lowest BCUT2D eigenvalue weighted by Crippen LogP contribution is -2.37. The van der Waals surface area contributed by atoms with E-state index in [-0.39, 0.29) is 40.4 Å². The van der Waals surface area contributed by atoms with E-state index >= 15 is 4.39 Å². The van der Waals surface area contributed by atoms with Crippen molar-refractivity contribution >= 4 is 22.6 Å². The van der Waals surface area contributed by atoms with E-state index in [0.717, 1.165) is 12.8 Å². The zero-order valence-electron chi connectivity index (χ0n) is 21.7. The third kappa shape index (κ3) is 5.16. The number of fused-ring (bicyclic) bond motifs is 1. The Kier molecular flexibility index (Phi) is 7.24. The first kappa shape index (κ1) is 26.2. The van der Waals surface area contributed by atoms with E-state index in [1.807, 2.05) is 0 Å². The molecule has 39 heavy (non-hydrogen) atoms. The summed E-state index contributed by atoms with van der Waals surface area (Å²) in [7, 11) is 0. The van der Waals surface area contributed by atoms with E-state index in [4.69, 9.17) is 0 Å². The first-order valence-electron chi connectivity index (χ1n) is 12.9. The lowest BCUT2D eigenvalue weighted by Gasteiger charge is -2.26. The van der Waals surface area contributed by atoms with Crippen LogP contribution in [0.5, 0.6) is 0 Å². The molecule has 0 radical (unpaired) electrons. The normalized spacial score (nSPS) is 13.7. The summed E-state index contributed by atoms with van der Waals surface area (Å²) in [5, 5.41) is 2.95. The summed E-state index contributed by atoms with van der Waals surface area (Å²) in [6, 6.07) is 13.0. The van der Waals surface area contributed by atoms with Gasteiger partial charge in [-0.1, -0.05) is 24.3 Å². The molecule has 0 aliphatic heterocycles. The zero-order valence-corrected chi connectivity index (χ0v) is 21.7. The smallest absolute Gasteiger partial charge is 0.266 e. The van der Waals surface area contributed by atoms with Crippen LogP contribution in [0.4, 0.5) is 8.78 Å². The van der Waals surface area contributed by atoms with Gasteiger partial charge in [0.2, 0.25) is 5.91 Å². The van der Waals surface area contributed by atoms with Crippen LogP contribution in [0.1, 0.15) is 54.3 Å². The van der Waals surface area contributed by atoms with Crippen molar-refractivity contribution in [2.24, 2.45) is 5.92 Å². The van der Waals surface area contributed by atoms with E-state index in [2.05, 4.69) is 10.3 Å². The van der Waals surface area contributed by atoms with Gasteiger partial charge >= 0.3 is 0 Å². The molecular weight excluding hydrogens is 502 g/mol. The van der Waals surface area contributed by atoms with Crippen molar-refractivity contribution < 1.29 is 18.4 Å². The Labute approximate surface area is 224 Å². The topological polar surface area (TPSA) is 84.3 Å². The number of aromatic nitrogens is 2. The van der Waals surface area contributed by atoms with E-state index in [1.165, 1.54) is 59.1 Å². The number of halogens is 2. The van der Waals surface area contributed by atoms with Gasteiger partial charge in [-0.2, -0.15) is 0 Å². The quantitative estimate of drug-likeness (QED) is 0.351.